The number of nitriles is 1. The first-order valence-electron chi connectivity index (χ1n) is 6.71. The van der Waals surface area contributed by atoms with Gasteiger partial charge >= 0.3 is 0 Å². The van der Waals surface area contributed by atoms with Crippen molar-refractivity contribution in [2.75, 3.05) is 6.54 Å². The molecule has 1 atom stereocenters. The Kier molecular flexibility index (Phi) is 5.72. The molecule has 0 aromatic heterocycles. The van der Waals surface area contributed by atoms with Crippen LogP contribution >= 0.6 is 0 Å². The van der Waals surface area contributed by atoms with E-state index in [2.05, 4.69) is 24.8 Å². The molecule has 102 valence electrons. The summed E-state index contributed by atoms with van der Waals surface area (Å²) in [5.41, 5.74) is 1.88. The summed E-state index contributed by atoms with van der Waals surface area (Å²) in [6.07, 6.45) is 0.448. The van der Waals surface area contributed by atoms with E-state index in [-0.39, 0.29) is 17.9 Å². The lowest BCUT2D eigenvalue weighted by Crippen LogP contribution is -2.43. The second-order valence-corrected chi connectivity index (χ2v) is 5.15. The van der Waals surface area contributed by atoms with Crippen LogP contribution in [0.1, 0.15) is 43.1 Å². The molecular weight excluding hydrogens is 236 g/mol. The molecule has 0 N–H and O–H groups in total. The van der Waals surface area contributed by atoms with Gasteiger partial charge in [-0.15, -0.1) is 0 Å². The van der Waals surface area contributed by atoms with E-state index in [0.29, 0.717) is 13.0 Å². The van der Waals surface area contributed by atoms with Gasteiger partial charge in [0.2, 0.25) is 0 Å². The van der Waals surface area contributed by atoms with Crippen molar-refractivity contribution in [1.29, 1.82) is 5.26 Å². The fraction of sp³-hybridized carbons (Fsp3) is 0.500. The second-order valence-electron chi connectivity index (χ2n) is 5.15. The summed E-state index contributed by atoms with van der Waals surface area (Å²) >= 11 is 0. The van der Waals surface area contributed by atoms with Gasteiger partial charge in [-0.2, -0.15) is 5.26 Å². The van der Waals surface area contributed by atoms with Crippen molar-refractivity contribution in [2.45, 2.75) is 46.2 Å². The van der Waals surface area contributed by atoms with Crippen molar-refractivity contribution >= 4 is 5.78 Å². The molecule has 0 radical (unpaired) electrons. The summed E-state index contributed by atoms with van der Waals surface area (Å²) in [5, 5.41) is 8.70. The van der Waals surface area contributed by atoms with E-state index >= 15 is 0 Å². The Morgan fingerprint density at radius 1 is 1.26 bits per heavy atom. The predicted octanol–water partition coefficient (Wildman–Crippen LogP) is 3.19. The van der Waals surface area contributed by atoms with Gasteiger partial charge in [0.1, 0.15) is 0 Å². The van der Waals surface area contributed by atoms with Crippen LogP contribution in [0.2, 0.25) is 0 Å². The maximum Gasteiger partial charge on any atom is 0.179 e. The van der Waals surface area contributed by atoms with Crippen LogP contribution in [0.4, 0.5) is 0 Å². The van der Waals surface area contributed by atoms with Gasteiger partial charge < -0.3 is 0 Å². The molecule has 0 spiro atoms. The third-order valence-corrected chi connectivity index (χ3v) is 3.36. The lowest BCUT2D eigenvalue weighted by Gasteiger charge is -2.31. The van der Waals surface area contributed by atoms with Gasteiger partial charge in [0, 0.05) is 24.6 Å². The predicted molar refractivity (Wildman–Crippen MR) is 77.0 cm³/mol. The maximum atomic E-state index is 12.4. The Morgan fingerprint density at radius 3 is 2.32 bits per heavy atom. The SMILES string of the molecule is Cc1ccc(C(=O)C(C)N(CCC#N)C(C)C)cc1. The normalized spacial score (nSPS) is 12.5. The summed E-state index contributed by atoms with van der Waals surface area (Å²) in [7, 11) is 0. The number of hydrogen-bond donors (Lipinski definition) is 0. The maximum absolute atomic E-state index is 12.4. The molecule has 0 fully saturated rings. The Balaban J connectivity index is 2.84. The number of hydrogen-bond acceptors (Lipinski definition) is 3. The minimum absolute atomic E-state index is 0.117. The molecule has 3 heteroatoms. The first-order valence-corrected chi connectivity index (χ1v) is 6.71. The zero-order chi connectivity index (χ0) is 14.4. The van der Waals surface area contributed by atoms with Crippen LogP contribution in [-0.2, 0) is 0 Å². The van der Waals surface area contributed by atoms with Crippen molar-refractivity contribution in [2.24, 2.45) is 0 Å². The highest BCUT2D eigenvalue weighted by Crippen LogP contribution is 2.13. The van der Waals surface area contributed by atoms with E-state index in [9.17, 15) is 4.79 Å². The summed E-state index contributed by atoms with van der Waals surface area (Å²) in [5.74, 6) is 0.117. The zero-order valence-electron chi connectivity index (χ0n) is 12.2. The molecule has 3 nitrogen and oxygen atoms in total. The molecule has 1 unspecified atom stereocenters. The Morgan fingerprint density at radius 2 is 1.84 bits per heavy atom. The first-order chi connectivity index (χ1) is 8.97. The Bertz CT molecular complexity index is 457. The minimum atomic E-state index is -0.198. The van der Waals surface area contributed by atoms with Crippen LogP contribution in [-0.4, -0.2) is 29.3 Å². The molecule has 0 saturated heterocycles. The molecule has 0 bridgehead atoms. The second kappa shape index (κ2) is 7.06. The van der Waals surface area contributed by atoms with Crippen molar-refractivity contribution in [1.82, 2.24) is 4.90 Å². The van der Waals surface area contributed by atoms with Gasteiger partial charge in [0.15, 0.2) is 5.78 Å². The van der Waals surface area contributed by atoms with Crippen molar-refractivity contribution in [3.63, 3.8) is 0 Å². The molecule has 1 aromatic rings. The fourth-order valence-electron chi connectivity index (χ4n) is 2.19. The van der Waals surface area contributed by atoms with Gasteiger partial charge in [-0.25, -0.2) is 0 Å². The standard InChI is InChI=1S/C16H22N2O/c1-12(2)18(11-5-10-17)14(4)16(19)15-8-6-13(3)7-9-15/h6-9,12,14H,5,11H2,1-4H3. The van der Waals surface area contributed by atoms with E-state index in [1.165, 1.54) is 0 Å². The largest absolute Gasteiger partial charge is 0.292 e. The smallest absolute Gasteiger partial charge is 0.179 e. The third-order valence-electron chi connectivity index (χ3n) is 3.36. The van der Waals surface area contributed by atoms with Crippen LogP contribution in [0.25, 0.3) is 0 Å². The van der Waals surface area contributed by atoms with Gasteiger partial charge in [-0.1, -0.05) is 29.8 Å². The van der Waals surface area contributed by atoms with Crippen LogP contribution in [0, 0.1) is 18.3 Å². The zero-order valence-corrected chi connectivity index (χ0v) is 12.2. The highest BCUT2D eigenvalue weighted by molar-refractivity contribution is 5.99. The van der Waals surface area contributed by atoms with Crippen LogP contribution in [0.15, 0.2) is 24.3 Å². The quantitative estimate of drug-likeness (QED) is 0.736. The summed E-state index contributed by atoms with van der Waals surface area (Å²) in [4.78, 5) is 14.5. The van der Waals surface area contributed by atoms with Crippen molar-refractivity contribution < 1.29 is 4.79 Å². The lowest BCUT2D eigenvalue weighted by atomic mass is 10.0. The van der Waals surface area contributed by atoms with E-state index < -0.39 is 0 Å². The Hall–Kier alpha value is -1.66. The van der Waals surface area contributed by atoms with Crippen LogP contribution < -0.4 is 0 Å². The van der Waals surface area contributed by atoms with Crippen LogP contribution in [0.5, 0.6) is 0 Å². The monoisotopic (exact) mass is 258 g/mol. The summed E-state index contributed by atoms with van der Waals surface area (Å²) < 4.78 is 0. The van der Waals surface area contributed by atoms with Gasteiger partial charge in [0.05, 0.1) is 12.1 Å². The molecule has 0 aliphatic carbocycles. The topological polar surface area (TPSA) is 44.1 Å². The van der Waals surface area contributed by atoms with Gasteiger partial charge in [0.25, 0.3) is 0 Å². The van der Waals surface area contributed by atoms with Crippen LogP contribution in [0.3, 0.4) is 0 Å². The molecular formula is C16H22N2O. The number of Topliss-reactive ketones (excluding diaryl/α,β-unsaturated/α-hetero) is 1. The minimum Gasteiger partial charge on any atom is -0.292 e. The lowest BCUT2D eigenvalue weighted by molar-refractivity contribution is 0.0793. The summed E-state index contributed by atoms with van der Waals surface area (Å²) in [6, 6.07) is 9.84. The third kappa shape index (κ3) is 4.18. The highest BCUT2D eigenvalue weighted by Gasteiger charge is 2.24. The first kappa shape index (κ1) is 15.4. The molecule has 0 saturated carbocycles. The Labute approximate surface area is 115 Å². The molecule has 0 amide bonds. The van der Waals surface area contributed by atoms with Crippen molar-refractivity contribution in [3.05, 3.63) is 35.4 Å². The van der Waals surface area contributed by atoms with E-state index in [0.717, 1.165) is 11.1 Å². The molecule has 0 aliphatic rings. The van der Waals surface area contributed by atoms with Gasteiger partial charge in [-0.3, -0.25) is 9.69 Å². The molecule has 0 aliphatic heterocycles. The fourth-order valence-corrected chi connectivity index (χ4v) is 2.19. The number of rotatable bonds is 6. The van der Waals surface area contributed by atoms with E-state index in [1.807, 2.05) is 38.1 Å². The number of ketones is 1. The molecule has 19 heavy (non-hydrogen) atoms. The number of aryl methyl sites for hydroxylation is 1. The molecule has 1 rings (SSSR count). The average Bonchev–Trinajstić information content (AvgIpc) is 2.38. The molecule has 0 heterocycles. The van der Waals surface area contributed by atoms with E-state index in [4.69, 9.17) is 5.26 Å². The number of nitrogens with zero attached hydrogens (tertiary/aromatic N) is 2. The number of benzene rings is 1. The highest BCUT2D eigenvalue weighted by atomic mass is 16.1. The molecule has 1 aromatic carbocycles. The van der Waals surface area contributed by atoms with Crippen molar-refractivity contribution in [3.8, 4) is 6.07 Å². The number of carbonyl (C=O) groups is 1. The average molecular weight is 258 g/mol. The summed E-state index contributed by atoms with van der Waals surface area (Å²) in [6.45, 7) is 8.66. The van der Waals surface area contributed by atoms with E-state index in [1.54, 1.807) is 0 Å². The number of carbonyl (C=O) groups excluding carboxylic acids is 1. The van der Waals surface area contributed by atoms with Gasteiger partial charge in [-0.05, 0) is 27.7 Å².